The van der Waals surface area contributed by atoms with Crippen molar-refractivity contribution in [2.24, 2.45) is 0 Å². The Bertz CT molecular complexity index is 621. The van der Waals surface area contributed by atoms with Gasteiger partial charge in [0.15, 0.2) is 0 Å². The molecule has 0 saturated carbocycles. The zero-order chi connectivity index (χ0) is 16.8. The van der Waals surface area contributed by atoms with E-state index in [0.29, 0.717) is 13.2 Å². The van der Waals surface area contributed by atoms with Gasteiger partial charge in [-0.3, -0.25) is 4.79 Å². The van der Waals surface area contributed by atoms with Gasteiger partial charge in [-0.15, -0.1) is 0 Å². The monoisotopic (exact) mass is 328 g/mol. The number of allylic oxidation sites excluding steroid dienone is 3. The lowest BCUT2D eigenvalue weighted by Crippen LogP contribution is -2.42. The van der Waals surface area contributed by atoms with E-state index < -0.39 is 0 Å². The summed E-state index contributed by atoms with van der Waals surface area (Å²) in [4.78, 5) is 22.1. The molecule has 2 heterocycles. The summed E-state index contributed by atoms with van der Waals surface area (Å²) in [6.45, 7) is 2.02. The molecule has 6 heteroatoms. The van der Waals surface area contributed by atoms with Gasteiger partial charge in [0.05, 0.1) is 12.6 Å². The van der Waals surface area contributed by atoms with Crippen LogP contribution in [0.5, 0.6) is 0 Å². The van der Waals surface area contributed by atoms with Crippen LogP contribution in [0.3, 0.4) is 0 Å². The zero-order valence-corrected chi connectivity index (χ0v) is 14.1. The lowest BCUT2D eigenvalue weighted by molar-refractivity contribution is -0.132. The van der Waals surface area contributed by atoms with Gasteiger partial charge in [-0.2, -0.15) is 0 Å². The summed E-state index contributed by atoms with van der Waals surface area (Å²) in [6.07, 6.45) is 13.2. The summed E-state index contributed by atoms with van der Waals surface area (Å²) >= 11 is 0. The average molecular weight is 328 g/mol. The summed E-state index contributed by atoms with van der Waals surface area (Å²) in [7, 11) is 1.84. The van der Waals surface area contributed by atoms with Crippen molar-refractivity contribution >= 4 is 11.5 Å². The van der Waals surface area contributed by atoms with Gasteiger partial charge in [0.2, 0.25) is 5.91 Å². The Morgan fingerprint density at radius 1 is 1.42 bits per heavy atom. The zero-order valence-electron chi connectivity index (χ0n) is 14.1. The molecule has 3 rings (SSSR count). The molecular formula is C18H24N4O2. The van der Waals surface area contributed by atoms with Crippen molar-refractivity contribution in [1.82, 2.24) is 20.2 Å². The number of carbonyl (C=O) groups is 1. The molecule has 1 aliphatic carbocycles. The highest BCUT2D eigenvalue weighted by Crippen LogP contribution is 2.25. The Labute approximate surface area is 142 Å². The van der Waals surface area contributed by atoms with Crippen molar-refractivity contribution < 1.29 is 9.53 Å². The van der Waals surface area contributed by atoms with E-state index in [1.165, 1.54) is 11.9 Å². The number of hydrogen-bond acceptors (Lipinski definition) is 5. The minimum absolute atomic E-state index is 0.0199. The first-order chi connectivity index (χ1) is 11.7. The highest BCUT2D eigenvalue weighted by Gasteiger charge is 2.24. The van der Waals surface area contributed by atoms with Crippen LogP contribution in [0.2, 0.25) is 0 Å². The standard InChI is InChI=1S/C18H24N4O2/c1-22(18(23)17-6-3-7-21-17)8-9-24-16-5-2-4-14(10-16)15-11-19-13-20-12-15/h5,10-13,17,21H,2-4,6-9H2,1H3/t17-/m0/s1. The second-order valence-electron chi connectivity index (χ2n) is 6.20. The van der Waals surface area contributed by atoms with E-state index in [1.54, 1.807) is 4.90 Å². The molecule has 0 unspecified atom stereocenters. The fourth-order valence-electron chi connectivity index (χ4n) is 3.04. The predicted molar refractivity (Wildman–Crippen MR) is 91.9 cm³/mol. The normalized spacial score (nSPS) is 20.3. The number of rotatable bonds is 6. The lowest BCUT2D eigenvalue weighted by Gasteiger charge is -2.22. The smallest absolute Gasteiger partial charge is 0.239 e. The first-order valence-corrected chi connectivity index (χ1v) is 8.51. The second-order valence-corrected chi connectivity index (χ2v) is 6.20. The summed E-state index contributed by atoms with van der Waals surface area (Å²) < 4.78 is 5.85. The third-order valence-electron chi connectivity index (χ3n) is 4.44. The van der Waals surface area contributed by atoms with E-state index in [9.17, 15) is 4.79 Å². The molecule has 0 spiro atoms. The van der Waals surface area contributed by atoms with Crippen molar-refractivity contribution in [2.45, 2.75) is 31.7 Å². The van der Waals surface area contributed by atoms with Gasteiger partial charge in [0.25, 0.3) is 0 Å². The number of hydrogen-bond donors (Lipinski definition) is 1. The van der Waals surface area contributed by atoms with Gasteiger partial charge in [0, 0.05) is 25.0 Å². The first-order valence-electron chi connectivity index (χ1n) is 8.51. The van der Waals surface area contributed by atoms with Crippen LogP contribution in [0.15, 0.2) is 36.6 Å². The van der Waals surface area contributed by atoms with Crippen LogP contribution >= 0.6 is 0 Å². The summed E-state index contributed by atoms with van der Waals surface area (Å²) in [5.41, 5.74) is 2.22. The van der Waals surface area contributed by atoms with E-state index >= 15 is 0 Å². The number of nitrogens with one attached hydrogen (secondary N) is 1. The molecule has 1 N–H and O–H groups in total. The molecule has 1 amide bonds. The van der Waals surface area contributed by atoms with Gasteiger partial charge in [-0.1, -0.05) is 0 Å². The predicted octanol–water partition coefficient (Wildman–Crippen LogP) is 1.76. The van der Waals surface area contributed by atoms with Crippen LogP contribution in [0.4, 0.5) is 0 Å². The Hall–Kier alpha value is -2.21. The van der Waals surface area contributed by atoms with E-state index in [-0.39, 0.29) is 11.9 Å². The highest BCUT2D eigenvalue weighted by molar-refractivity contribution is 5.81. The molecule has 1 fully saturated rings. The van der Waals surface area contributed by atoms with Crippen LogP contribution in [-0.2, 0) is 9.53 Å². The third-order valence-corrected chi connectivity index (χ3v) is 4.44. The molecule has 128 valence electrons. The molecule has 1 saturated heterocycles. The van der Waals surface area contributed by atoms with Crippen molar-refractivity contribution in [3.63, 3.8) is 0 Å². The Morgan fingerprint density at radius 3 is 3.00 bits per heavy atom. The third kappa shape index (κ3) is 4.20. The van der Waals surface area contributed by atoms with Crippen molar-refractivity contribution in [3.8, 4) is 0 Å². The van der Waals surface area contributed by atoms with E-state index in [4.69, 9.17) is 4.74 Å². The number of likely N-dealkylation sites (N-methyl/N-ethyl adjacent to an activating group) is 1. The number of carbonyl (C=O) groups excluding carboxylic acids is 1. The minimum atomic E-state index is -0.0199. The van der Waals surface area contributed by atoms with Crippen LogP contribution in [-0.4, -0.2) is 53.6 Å². The Balaban J connectivity index is 1.48. The van der Waals surface area contributed by atoms with Crippen molar-refractivity contribution in [2.75, 3.05) is 26.7 Å². The van der Waals surface area contributed by atoms with Gasteiger partial charge >= 0.3 is 0 Å². The maximum Gasteiger partial charge on any atom is 0.239 e. The highest BCUT2D eigenvalue weighted by atomic mass is 16.5. The molecule has 0 bridgehead atoms. The Kier molecular flexibility index (Phi) is 5.59. The molecule has 0 aromatic carbocycles. The van der Waals surface area contributed by atoms with Gasteiger partial charge in [-0.05, 0) is 50.0 Å². The topological polar surface area (TPSA) is 67.3 Å². The SMILES string of the molecule is CN(CCOC1=CCCC(c2cncnc2)=C1)C(=O)[C@@H]1CCCN1. The molecule has 1 aliphatic heterocycles. The number of aromatic nitrogens is 2. The molecule has 0 radical (unpaired) electrons. The van der Waals surface area contributed by atoms with Gasteiger partial charge in [0.1, 0.15) is 18.7 Å². The number of nitrogens with zero attached hydrogens (tertiary/aromatic N) is 3. The fourth-order valence-corrected chi connectivity index (χ4v) is 3.04. The summed E-state index contributed by atoms with van der Waals surface area (Å²) in [5, 5.41) is 3.24. The lowest BCUT2D eigenvalue weighted by atomic mass is 9.99. The van der Waals surface area contributed by atoms with Gasteiger partial charge < -0.3 is 15.0 Å². The summed E-state index contributed by atoms with van der Waals surface area (Å²) in [5.74, 6) is 1.02. The fraction of sp³-hybridized carbons (Fsp3) is 0.500. The van der Waals surface area contributed by atoms with E-state index in [2.05, 4.69) is 21.4 Å². The van der Waals surface area contributed by atoms with Crippen LogP contribution < -0.4 is 5.32 Å². The number of ether oxygens (including phenoxy) is 1. The van der Waals surface area contributed by atoms with E-state index in [1.807, 2.05) is 25.5 Å². The minimum Gasteiger partial charge on any atom is -0.492 e. The maximum atomic E-state index is 12.2. The average Bonchev–Trinajstić information content (AvgIpc) is 3.16. The summed E-state index contributed by atoms with van der Waals surface area (Å²) in [6, 6.07) is -0.0199. The first kappa shape index (κ1) is 16.6. The molecular weight excluding hydrogens is 304 g/mol. The molecule has 1 aromatic rings. The molecule has 24 heavy (non-hydrogen) atoms. The van der Waals surface area contributed by atoms with Crippen LogP contribution in [0, 0.1) is 0 Å². The Morgan fingerprint density at radius 2 is 2.25 bits per heavy atom. The molecule has 2 aliphatic rings. The number of amides is 1. The second kappa shape index (κ2) is 8.06. The van der Waals surface area contributed by atoms with Gasteiger partial charge in [-0.25, -0.2) is 9.97 Å². The largest absolute Gasteiger partial charge is 0.492 e. The van der Waals surface area contributed by atoms with Crippen molar-refractivity contribution in [3.05, 3.63) is 42.2 Å². The van der Waals surface area contributed by atoms with E-state index in [0.717, 1.165) is 43.6 Å². The quantitative estimate of drug-likeness (QED) is 0.862. The maximum absolute atomic E-state index is 12.2. The molecule has 6 nitrogen and oxygen atoms in total. The van der Waals surface area contributed by atoms with Crippen LogP contribution in [0.25, 0.3) is 5.57 Å². The van der Waals surface area contributed by atoms with Crippen molar-refractivity contribution in [1.29, 1.82) is 0 Å². The molecule has 1 aromatic heterocycles. The van der Waals surface area contributed by atoms with Crippen LogP contribution in [0.1, 0.15) is 31.2 Å². The molecule has 1 atom stereocenters.